The van der Waals surface area contributed by atoms with E-state index in [1.54, 1.807) is 4.90 Å². The number of carbonyl (C=O) groups excluding carboxylic acids is 1. The van der Waals surface area contributed by atoms with Crippen molar-refractivity contribution in [1.29, 1.82) is 0 Å². The van der Waals surface area contributed by atoms with Gasteiger partial charge in [-0.2, -0.15) is 0 Å². The molecule has 1 amide bonds. The number of aliphatic hydroxyl groups excluding tert-OH is 1. The van der Waals surface area contributed by atoms with Crippen molar-refractivity contribution in [3.63, 3.8) is 0 Å². The predicted molar refractivity (Wildman–Crippen MR) is 90.4 cm³/mol. The molecule has 1 atom stereocenters. The summed E-state index contributed by atoms with van der Waals surface area (Å²) in [4.78, 5) is 13.5. The molecule has 0 bridgehead atoms. The molecule has 5 heteroatoms. The fourth-order valence-electron chi connectivity index (χ4n) is 2.97. The van der Waals surface area contributed by atoms with Crippen molar-refractivity contribution < 1.29 is 14.6 Å². The summed E-state index contributed by atoms with van der Waals surface area (Å²) in [5, 5.41) is 13.2. The number of ether oxygens (including phenoxy) is 1. The maximum absolute atomic E-state index is 11.7. The van der Waals surface area contributed by atoms with Crippen LogP contribution in [0.5, 0.6) is 0 Å². The van der Waals surface area contributed by atoms with E-state index in [2.05, 4.69) is 36.5 Å². The van der Waals surface area contributed by atoms with E-state index < -0.39 is 0 Å². The summed E-state index contributed by atoms with van der Waals surface area (Å²) in [5.74, 6) is 0. The average Bonchev–Trinajstić information content (AvgIpc) is 2.60. The Labute approximate surface area is 138 Å². The van der Waals surface area contributed by atoms with Gasteiger partial charge in [0, 0.05) is 19.1 Å². The van der Waals surface area contributed by atoms with Gasteiger partial charge in [0.2, 0.25) is 0 Å². The topological polar surface area (TPSA) is 61.8 Å². The second-order valence-electron chi connectivity index (χ2n) is 5.96. The fraction of sp³-hybridized carbons (Fsp3) is 0.611. The van der Waals surface area contributed by atoms with Crippen molar-refractivity contribution in [3.8, 4) is 0 Å². The molecule has 1 aliphatic heterocycles. The Hall–Kier alpha value is -1.59. The highest BCUT2D eigenvalue weighted by atomic mass is 16.6. The maximum Gasteiger partial charge on any atom is 0.409 e. The molecular formula is C18H28N2O3. The van der Waals surface area contributed by atoms with E-state index in [0.29, 0.717) is 25.7 Å². The summed E-state index contributed by atoms with van der Waals surface area (Å²) in [5.41, 5.74) is 2.41. The SMILES string of the molecule is CCOC(=O)N1CCC(NC(CO)c2ccc(CC)cc2)CC1. The number of amides is 1. The molecule has 1 saturated heterocycles. The van der Waals surface area contributed by atoms with E-state index in [1.165, 1.54) is 5.56 Å². The van der Waals surface area contributed by atoms with Crippen LogP contribution in [0.25, 0.3) is 0 Å². The number of benzene rings is 1. The molecular weight excluding hydrogens is 292 g/mol. The van der Waals surface area contributed by atoms with E-state index >= 15 is 0 Å². The number of nitrogens with one attached hydrogen (secondary N) is 1. The molecule has 0 spiro atoms. The first-order chi connectivity index (χ1) is 11.2. The molecule has 5 nitrogen and oxygen atoms in total. The number of carbonyl (C=O) groups is 1. The van der Waals surface area contributed by atoms with Gasteiger partial charge in [-0.3, -0.25) is 0 Å². The lowest BCUT2D eigenvalue weighted by molar-refractivity contribution is 0.0928. The highest BCUT2D eigenvalue weighted by Gasteiger charge is 2.25. The van der Waals surface area contributed by atoms with Crippen molar-refractivity contribution in [1.82, 2.24) is 10.2 Å². The summed E-state index contributed by atoms with van der Waals surface area (Å²) in [6.45, 7) is 5.84. The third kappa shape index (κ3) is 4.94. The largest absolute Gasteiger partial charge is 0.450 e. The molecule has 128 valence electrons. The van der Waals surface area contributed by atoms with Crippen LogP contribution >= 0.6 is 0 Å². The molecule has 1 heterocycles. The first kappa shape index (κ1) is 17.8. The smallest absolute Gasteiger partial charge is 0.409 e. The van der Waals surface area contributed by atoms with Crippen LogP contribution in [0, 0.1) is 0 Å². The number of likely N-dealkylation sites (tertiary alicyclic amines) is 1. The molecule has 1 aromatic rings. The third-order valence-corrected chi connectivity index (χ3v) is 4.43. The molecule has 2 rings (SSSR count). The van der Waals surface area contributed by atoms with E-state index in [9.17, 15) is 9.90 Å². The lowest BCUT2D eigenvalue weighted by Crippen LogP contribution is -2.46. The van der Waals surface area contributed by atoms with Gasteiger partial charge < -0.3 is 20.1 Å². The number of hydrogen-bond acceptors (Lipinski definition) is 4. The lowest BCUT2D eigenvalue weighted by atomic mass is 10.00. The van der Waals surface area contributed by atoms with Gasteiger partial charge in [0.15, 0.2) is 0 Å². The van der Waals surface area contributed by atoms with Gasteiger partial charge in [0.05, 0.1) is 19.3 Å². The highest BCUT2D eigenvalue weighted by Crippen LogP contribution is 2.19. The van der Waals surface area contributed by atoms with Crippen molar-refractivity contribution >= 4 is 6.09 Å². The Morgan fingerprint density at radius 2 is 1.96 bits per heavy atom. The predicted octanol–water partition coefficient (Wildman–Crippen LogP) is 2.49. The summed E-state index contributed by atoms with van der Waals surface area (Å²) < 4.78 is 5.04. The fourth-order valence-corrected chi connectivity index (χ4v) is 2.97. The van der Waals surface area contributed by atoms with Crippen LogP contribution < -0.4 is 5.32 Å². The number of aryl methyl sites for hydroxylation is 1. The second-order valence-corrected chi connectivity index (χ2v) is 5.96. The molecule has 23 heavy (non-hydrogen) atoms. The molecule has 0 radical (unpaired) electrons. The van der Waals surface area contributed by atoms with E-state index in [4.69, 9.17) is 4.74 Å². The van der Waals surface area contributed by atoms with Gasteiger partial charge in [-0.1, -0.05) is 31.2 Å². The Kier molecular flexibility index (Phi) is 6.86. The van der Waals surface area contributed by atoms with Crippen molar-refractivity contribution in [2.45, 2.75) is 45.2 Å². The minimum Gasteiger partial charge on any atom is -0.450 e. The van der Waals surface area contributed by atoms with Gasteiger partial charge in [0.1, 0.15) is 0 Å². The number of nitrogens with zero attached hydrogens (tertiary/aromatic N) is 1. The molecule has 0 aromatic heterocycles. The summed E-state index contributed by atoms with van der Waals surface area (Å²) >= 11 is 0. The normalized spacial score (nSPS) is 17.1. The molecule has 1 aromatic carbocycles. The van der Waals surface area contributed by atoms with Gasteiger partial charge in [-0.05, 0) is 37.3 Å². The van der Waals surface area contributed by atoms with Crippen molar-refractivity contribution in [3.05, 3.63) is 35.4 Å². The van der Waals surface area contributed by atoms with Crippen LogP contribution in [0.3, 0.4) is 0 Å². The molecule has 1 unspecified atom stereocenters. The zero-order valence-electron chi connectivity index (χ0n) is 14.1. The molecule has 0 aliphatic carbocycles. The van der Waals surface area contributed by atoms with Crippen LogP contribution in [-0.4, -0.2) is 48.4 Å². The Balaban J connectivity index is 1.86. The van der Waals surface area contributed by atoms with E-state index in [0.717, 1.165) is 24.8 Å². The Bertz CT molecular complexity index is 482. The van der Waals surface area contributed by atoms with Crippen LogP contribution in [-0.2, 0) is 11.2 Å². The summed E-state index contributed by atoms with van der Waals surface area (Å²) in [7, 11) is 0. The van der Waals surface area contributed by atoms with E-state index in [1.807, 2.05) is 6.92 Å². The first-order valence-electron chi connectivity index (χ1n) is 8.55. The zero-order valence-corrected chi connectivity index (χ0v) is 14.1. The molecule has 1 fully saturated rings. The van der Waals surface area contributed by atoms with Crippen LogP contribution in [0.1, 0.15) is 43.9 Å². The van der Waals surface area contributed by atoms with Gasteiger partial charge in [-0.15, -0.1) is 0 Å². The standard InChI is InChI=1S/C18H28N2O3/c1-3-14-5-7-15(8-6-14)17(13-21)19-16-9-11-20(12-10-16)18(22)23-4-2/h5-8,16-17,19,21H,3-4,9-13H2,1-2H3. The first-order valence-corrected chi connectivity index (χ1v) is 8.55. The monoisotopic (exact) mass is 320 g/mol. The summed E-state index contributed by atoms with van der Waals surface area (Å²) in [6.07, 6.45) is 2.55. The minimum atomic E-state index is -0.222. The lowest BCUT2D eigenvalue weighted by Gasteiger charge is -2.33. The number of hydrogen-bond donors (Lipinski definition) is 2. The van der Waals surface area contributed by atoms with Crippen molar-refractivity contribution in [2.24, 2.45) is 0 Å². The summed E-state index contributed by atoms with van der Waals surface area (Å²) in [6, 6.07) is 8.65. The molecule has 0 saturated carbocycles. The second kappa shape index (κ2) is 8.89. The van der Waals surface area contributed by atoms with Crippen LogP contribution in [0.2, 0.25) is 0 Å². The van der Waals surface area contributed by atoms with Crippen molar-refractivity contribution in [2.75, 3.05) is 26.3 Å². The number of aliphatic hydroxyl groups is 1. The maximum atomic E-state index is 11.7. The average molecular weight is 320 g/mol. The minimum absolute atomic E-state index is 0.0555. The van der Waals surface area contributed by atoms with Crippen LogP contribution in [0.15, 0.2) is 24.3 Å². The Morgan fingerprint density at radius 3 is 2.48 bits per heavy atom. The molecule has 1 aliphatic rings. The van der Waals surface area contributed by atoms with E-state index in [-0.39, 0.29) is 18.7 Å². The number of rotatable bonds is 6. The van der Waals surface area contributed by atoms with Crippen LogP contribution in [0.4, 0.5) is 4.79 Å². The molecule has 2 N–H and O–H groups in total. The zero-order chi connectivity index (χ0) is 16.7. The van der Waals surface area contributed by atoms with Gasteiger partial charge >= 0.3 is 6.09 Å². The highest BCUT2D eigenvalue weighted by molar-refractivity contribution is 5.67. The third-order valence-electron chi connectivity index (χ3n) is 4.43. The Morgan fingerprint density at radius 1 is 1.30 bits per heavy atom. The van der Waals surface area contributed by atoms with Gasteiger partial charge in [-0.25, -0.2) is 4.79 Å². The number of piperidine rings is 1. The van der Waals surface area contributed by atoms with Gasteiger partial charge in [0.25, 0.3) is 0 Å². The quantitative estimate of drug-likeness (QED) is 0.845.